The van der Waals surface area contributed by atoms with Crippen LogP contribution in [0.15, 0.2) is 24.6 Å². The van der Waals surface area contributed by atoms with Crippen LogP contribution < -0.4 is 11.1 Å². The molecule has 1 rings (SSSR count). The van der Waals surface area contributed by atoms with E-state index in [1.165, 1.54) is 96.3 Å². The first kappa shape index (κ1) is 23.1. The first-order chi connectivity index (χ1) is 12.9. The van der Waals surface area contributed by atoms with Crippen molar-refractivity contribution in [2.24, 2.45) is 5.73 Å². The van der Waals surface area contributed by atoms with Gasteiger partial charge in [0.15, 0.2) is 0 Å². The van der Waals surface area contributed by atoms with E-state index < -0.39 is 0 Å². The highest BCUT2D eigenvalue weighted by atomic mass is 15.3. The summed E-state index contributed by atoms with van der Waals surface area (Å²) in [6, 6.07) is 0. The van der Waals surface area contributed by atoms with Crippen LogP contribution in [0.5, 0.6) is 0 Å². The van der Waals surface area contributed by atoms with E-state index >= 15 is 0 Å². The van der Waals surface area contributed by atoms with E-state index in [2.05, 4.69) is 41.7 Å². The van der Waals surface area contributed by atoms with E-state index in [9.17, 15) is 0 Å². The number of nitrogens with one attached hydrogen (secondary N) is 1. The van der Waals surface area contributed by atoms with Crippen LogP contribution in [0.4, 0.5) is 0 Å². The van der Waals surface area contributed by atoms with Crippen LogP contribution in [0.3, 0.4) is 0 Å². The quantitative estimate of drug-likeness (QED) is 0.229. The van der Waals surface area contributed by atoms with Crippen molar-refractivity contribution >= 4 is 0 Å². The Bertz CT molecular complexity index is 351. The summed E-state index contributed by atoms with van der Waals surface area (Å²) in [6.07, 6.45) is 30.0. The number of unbranched alkanes of at least 4 members (excludes halogenated alkanes) is 12. The number of rotatable bonds is 18. The van der Waals surface area contributed by atoms with Gasteiger partial charge in [-0.15, -0.1) is 0 Å². The normalized spacial score (nSPS) is 16.7. The number of allylic oxidation sites excluding steroid dienone is 2. The third-order valence-electron chi connectivity index (χ3n) is 5.33. The highest BCUT2D eigenvalue weighted by Gasteiger charge is 2.16. The van der Waals surface area contributed by atoms with Gasteiger partial charge in [0, 0.05) is 25.5 Å². The standard InChI is InChI=1S/C23H45N3/c1-2-3-4-5-6-7-8-9-10-11-12-13-14-15-16-17-18-23-25-20-22-26(23)21-19-24/h5-6,20,22-23,25H,2-4,7-19,21,24H2,1H3/b6-5+. The summed E-state index contributed by atoms with van der Waals surface area (Å²) in [4.78, 5) is 2.33. The molecule has 0 aromatic heterocycles. The van der Waals surface area contributed by atoms with E-state index in [-0.39, 0.29) is 0 Å². The summed E-state index contributed by atoms with van der Waals surface area (Å²) < 4.78 is 0. The monoisotopic (exact) mass is 363 g/mol. The Hall–Kier alpha value is -0.960. The lowest BCUT2D eigenvalue weighted by Crippen LogP contribution is -2.37. The van der Waals surface area contributed by atoms with Crippen LogP contribution in [0.25, 0.3) is 0 Å². The molecule has 0 aliphatic carbocycles. The van der Waals surface area contributed by atoms with Crippen molar-refractivity contribution in [3.05, 3.63) is 24.6 Å². The molecule has 152 valence electrons. The van der Waals surface area contributed by atoms with Gasteiger partial charge < -0.3 is 16.0 Å². The highest BCUT2D eigenvalue weighted by molar-refractivity contribution is 4.94. The summed E-state index contributed by atoms with van der Waals surface area (Å²) in [7, 11) is 0. The zero-order valence-corrected chi connectivity index (χ0v) is 17.4. The Balaban J connectivity index is 1.76. The average molecular weight is 364 g/mol. The molecule has 0 spiro atoms. The smallest absolute Gasteiger partial charge is 0.0981 e. The molecular formula is C23H45N3. The van der Waals surface area contributed by atoms with Gasteiger partial charge in [-0.2, -0.15) is 0 Å². The molecule has 1 heterocycles. The Labute approximate surface area is 163 Å². The summed E-state index contributed by atoms with van der Waals surface area (Å²) in [6.45, 7) is 3.96. The first-order valence-corrected chi connectivity index (χ1v) is 11.4. The fraction of sp³-hybridized carbons (Fsp3) is 0.826. The van der Waals surface area contributed by atoms with E-state index in [0.717, 1.165) is 13.1 Å². The van der Waals surface area contributed by atoms with Gasteiger partial charge in [-0.3, -0.25) is 0 Å². The van der Waals surface area contributed by atoms with Crippen LogP contribution in [0.2, 0.25) is 0 Å². The van der Waals surface area contributed by atoms with Crippen molar-refractivity contribution in [3.63, 3.8) is 0 Å². The molecule has 0 amide bonds. The van der Waals surface area contributed by atoms with E-state index in [0.29, 0.717) is 6.17 Å². The summed E-state index contributed by atoms with van der Waals surface area (Å²) in [5, 5.41) is 3.43. The van der Waals surface area contributed by atoms with Crippen LogP contribution in [0, 0.1) is 0 Å². The molecule has 0 radical (unpaired) electrons. The van der Waals surface area contributed by atoms with Crippen molar-refractivity contribution < 1.29 is 0 Å². The van der Waals surface area contributed by atoms with Crippen LogP contribution in [-0.2, 0) is 0 Å². The number of hydrogen-bond acceptors (Lipinski definition) is 3. The van der Waals surface area contributed by atoms with Crippen molar-refractivity contribution in [1.29, 1.82) is 0 Å². The maximum atomic E-state index is 5.65. The zero-order chi connectivity index (χ0) is 18.7. The molecule has 26 heavy (non-hydrogen) atoms. The second kappa shape index (κ2) is 17.5. The molecule has 1 atom stereocenters. The van der Waals surface area contributed by atoms with Crippen LogP contribution in [-0.4, -0.2) is 24.2 Å². The SMILES string of the molecule is CCCC/C=C/CCCCCCCCCCCCC1NC=CN1CCN. The molecule has 3 heteroatoms. The average Bonchev–Trinajstić information content (AvgIpc) is 3.09. The lowest BCUT2D eigenvalue weighted by molar-refractivity contribution is 0.264. The largest absolute Gasteiger partial charge is 0.370 e. The fourth-order valence-corrected chi connectivity index (χ4v) is 3.65. The number of nitrogens with zero attached hydrogens (tertiary/aromatic N) is 1. The third kappa shape index (κ3) is 12.4. The minimum Gasteiger partial charge on any atom is -0.370 e. The molecule has 0 bridgehead atoms. The Morgan fingerprint density at radius 3 is 2.04 bits per heavy atom. The third-order valence-corrected chi connectivity index (χ3v) is 5.33. The predicted molar refractivity (Wildman–Crippen MR) is 116 cm³/mol. The van der Waals surface area contributed by atoms with Gasteiger partial charge in [-0.1, -0.05) is 83.3 Å². The van der Waals surface area contributed by atoms with E-state index in [1.54, 1.807) is 0 Å². The highest BCUT2D eigenvalue weighted by Crippen LogP contribution is 2.15. The van der Waals surface area contributed by atoms with Gasteiger partial charge in [0.25, 0.3) is 0 Å². The molecule has 0 saturated carbocycles. The topological polar surface area (TPSA) is 41.3 Å². The van der Waals surface area contributed by atoms with Gasteiger partial charge in [0.05, 0.1) is 6.17 Å². The Morgan fingerprint density at radius 2 is 1.42 bits per heavy atom. The molecule has 1 aliphatic rings. The molecule has 0 fully saturated rings. The van der Waals surface area contributed by atoms with Gasteiger partial charge in [0.2, 0.25) is 0 Å². The predicted octanol–water partition coefficient (Wildman–Crippen LogP) is 6.08. The molecular weight excluding hydrogens is 318 g/mol. The molecule has 3 nitrogen and oxygen atoms in total. The molecule has 0 aromatic rings. The Morgan fingerprint density at radius 1 is 0.846 bits per heavy atom. The molecule has 0 aromatic carbocycles. The number of nitrogens with two attached hydrogens (primary N) is 1. The van der Waals surface area contributed by atoms with Crippen molar-refractivity contribution in [2.45, 2.75) is 109 Å². The minimum atomic E-state index is 0.486. The summed E-state index contributed by atoms with van der Waals surface area (Å²) in [5.41, 5.74) is 5.65. The maximum Gasteiger partial charge on any atom is 0.0981 e. The number of hydrogen-bond donors (Lipinski definition) is 2. The van der Waals surface area contributed by atoms with Crippen LogP contribution >= 0.6 is 0 Å². The molecule has 1 unspecified atom stereocenters. The lowest BCUT2D eigenvalue weighted by atomic mass is 10.0. The lowest BCUT2D eigenvalue weighted by Gasteiger charge is -2.25. The summed E-state index contributed by atoms with van der Waals surface area (Å²) in [5.74, 6) is 0. The minimum absolute atomic E-state index is 0.486. The van der Waals surface area contributed by atoms with Crippen molar-refractivity contribution in [1.82, 2.24) is 10.2 Å². The first-order valence-electron chi connectivity index (χ1n) is 11.4. The molecule has 0 saturated heterocycles. The van der Waals surface area contributed by atoms with Gasteiger partial charge >= 0.3 is 0 Å². The molecule has 1 aliphatic heterocycles. The van der Waals surface area contributed by atoms with E-state index in [1.807, 2.05) is 0 Å². The fourth-order valence-electron chi connectivity index (χ4n) is 3.65. The van der Waals surface area contributed by atoms with E-state index in [4.69, 9.17) is 5.73 Å². The van der Waals surface area contributed by atoms with Gasteiger partial charge in [-0.25, -0.2) is 0 Å². The second-order valence-electron chi connectivity index (χ2n) is 7.75. The summed E-state index contributed by atoms with van der Waals surface area (Å²) >= 11 is 0. The zero-order valence-electron chi connectivity index (χ0n) is 17.4. The Kier molecular flexibility index (Phi) is 15.5. The van der Waals surface area contributed by atoms with Gasteiger partial charge in [0.1, 0.15) is 0 Å². The van der Waals surface area contributed by atoms with Crippen molar-refractivity contribution in [2.75, 3.05) is 13.1 Å². The maximum absolute atomic E-state index is 5.65. The van der Waals surface area contributed by atoms with Crippen LogP contribution in [0.1, 0.15) is 103 Å². The van der Waals surface area contributed by atoms with Crippen molar-refractivity contribution in [3.8, 4) is 0 Å². The second-order valence-corrected chi connectivity index (χ2v) is 7.75. The molecule has 3 N–H and O–H groups in total. The van der Waals surface area contributed by atoms with Gasteiger partial charge in [-0.05, 0) is 32.1 Å².